The molecule has 8 heteroatoms. The summed E-state index contributed by atoms with van der Waals surface area (Å²) in [7, 11) is 3.75. The van der Waals surface area contributed by atoms with Gasteiger partial charge < -0.3 is 5.32 Å². The van der Waals surface area contributed by atoms with Crippen LogP contribution in [0.5, 0.6) is 5.75 Å². The van der Waals surface area contributed by atoms with Crippen molar-refractivity contribution in [1.29, 1.82) is 0 Å². The Hall–Kier alpha value is -2.48. The monoisotopic (exact) mass is 385 g/mol. The molecule has 2 aliphatic carbocycles. The summed E-state index contributed by atoms with van der Waals surface area (Å²) in [5.41, 5.74) is 3.31. The maximum atomic E-state index is 12.3. The van der Waals surface area contributed by atoms with Crippen LogP contribution in [0.2, 0.25) is 0 Å². The zero-order chi connectivity index (χ0) is 19.5. The molecule has 28 heavy (non-hydrogen) atoms. The second-order valence-corrected chi connectivity index (χ2v) is 7.71. The minimum atomic E-state index is -0.268. The van der Waals surface area contributed by atoms with E-state index in [4.69, 9.17) is 14.8 Å². The number of nitrogens with one attached hydrogen (secondary N) is 1. The summed E-state index contributed by atoms with van der Waals surface area (Å²) in [4.78, 5) is 27.7. The van der Waals surface area contributed by atoms with Gasteiger partial charge in [0.15, 0.2) is 0 Å². The van der Waals surface area contributed by atoms with Gasteiger partial charge in [-0.2, -0.15) is 0 Å². The molecule has 2 aliphatic rings. The molecule has 2 heterocycles. The molecule has 2 aromatic rings. The number of rotatable bonds is 7. The number of hydrogen-bond acceptors (Lipinski definition) is 7. The molecule has 2 aromatic heterocycles. The van der Waals surface area contributed by atoms with E-state index in [0.29, 0.717) is 18.2 Å². The number of aryl methyl sites for hydroxylation is 1. The normalized spacial score (nSPS) is 17.5. The molecule has 1 N–H and O–H groups in total. The zero-order valence-electron chi connectivity index (χ0n) is 16.5. The Morgan fingerprint density at radius 1 is 1.21 bits per heavy atom. The van der Waals surface area contributed by atoms with Gasteiger partial charge in [0.25, 0.3) is 0 Å². The van der Waals surface area contributed by atoms with E-state index < -0.39 is 0 Å². The Labute approximate surface area is 164 Å². The summed E-state index contributed by atoms with van der Waals surface area (Å²) in [5, 5.41) is 11.5. The van der Waals surface area contributed by atoms with Gasteiger partial charge in [0.05, 0.1) is 23.0 Å². The highest BCUT2D eigenvalue weighted by Gasteiger charge is 2.31. The Morgan fingerprint density at radius 3 is 2.71 bits per heavy atom. The third-order valence-corrected chi connectivity index (χ3v) is 5.53. The van der Waals surface area contributed by atoms with Gasteiger partial charge >= 0.3 is 5.97 Å². The van der Waals surface area contributed by atoms with E-state index in [9.17, 15) is 4.79 Å². The minimum Gasteiger partial charge on any atom is -0.314 e. The van der Waals surface area contributed by atoms with Gasteiger partial charge in [0, 0.05) is 19.5 Å². The Bertz CT molecular complexity index is 840. The summed E-state index contributed by atoms with van der Waals surface area (Å²) in [5.74, 6) is 0.548. The van der Waals surface area contributed by atoms with Crippen molar-refractivity contribution in [3.05, 3.63) is 23.5 Å². The molecule has 4 rings (SSSR count). The van der Waals surface area contributed by atoms with Gasteiger partial charge in [-0.25, -0.2) is 9.78 Å². The zero-order valence-corrected chi connectivity index (χ0v) is 16.5. The van der Waals surface area contributed by atoms with Gasteiger partial charge in [0.1, 0.15) is 5.69 Å². The van der Waals surface area contributed by atoms with Crippen molar-refractivity contribution >= 4 is 5.97 Å². The van der Waals surface area contributed by atoms with Crippen molar-refractivity contribution in [2.24, 2.45) is 13.0 Å². The summed E-state index contributed by atoms with van der Waals surface area (Å²) in [6.07, 6.45) is 7.25. The quantitative estimate of drug-likeness (QED) is 0.579. The fraction of sp³-hybridized carbons (Fsp3) is 0.600. The van der Waals surface area contributed by atoms with Crippen molar-refractivity contribution < 1.29 is 14.6 Å². The van der Waals surface area contributed by atoms with Gasteiger partial charge in [-0.05, 0) is 44.9 Å². The van der Waals surface area contributed by atoms with Crippen LogP contribution < -0.4 is 10.2 Å². The van der Waals surface area contributed by atoms with E-state index in [-0.39, 0.29) is 11.9 Å². The van der Waals surface area contributed by atoms with Crippen LogP contribution in [0.25, 0.3) is 11.4 Å². The van der Waals surface area contributed by atoms with E-state index in [0.717, 1.165) is 61.3 Å². The van der Waals surface area contributed by atoms with Crippen LogP contribution in [-0.4, -0.2) is 33.0 Å². The van der Waals surface area contributed by atoms with Crippen LogP contribution in [0.1, 0.15) is 62.3 Å². The molecule has 0 unspecified atom stereocenters. The number of aromatic nitrogens is 4. The first-order chi connectivity index (χ1) is 13.7. The Balaban J connectivity index is 1.52. The maximum absolute atomic E-state index is 12.3. The molecular weight excluding hydrogens is 358 g/mol. The van der Waals surface area contributed by atoms with E-state index >= 15 is 0 Å². The molecular formula is C20H27N5O3. The van der Waals surface area contributed by atoms with Crippen LogP contribution in [-0.2, 0) is 23.3 Å². The van der Waals surface area contributed by atoms with Crippen LogP contribution in [0.4, 0.5) is 0 Å². The van der Waals surface area contributed by atoms with Crippen molar-refractivity contribution in [3.8, 4) is 17.1 Å². The molecule has 0 saturated heterocycles. The second-order valence-electron chi connectivity index (χ2n) is 7.71. The largest absolute Gasteiger partial charge is 0.358 e. The van der Waals surface area contributed by atoms with Crippen LogP contribution in [0.3, 0.4) is 0 Å². The molecule has 8 nitrogen and oxygen atoms in total. The maximum Gasteiger partial charge on any atom is 0.358 e. The third-order valence-electron chi connectivity index (χ3n) is 5.53. The molecule has 2 fully saturated rings. The predicted octanol–water partition coefficient (Wildman–Crippen LogP) is 2.89. The summed E-state index contributed by atoms with van der Waals surface area (Å²) >= 11 is 0. The van der Waals surface area contributed by atoms with E-state index in [1.165, 1.54) is 6.42 Å². The second kappa shape index (κ2) is 8.26. The summed E-state index contributed by atoms with van der Waals surface area (Å²) in [6.45, 7) is 0.649. The van der Waals surface area contributed by atoms with Crippen molar-refractivity contribution in [2.75, 3.05) is 7.05 Å². The molecule has 0 aromatic carbocycles. The molecule has 2 saturated carbocycles. The SMILES string of the molecule is CNCc1c(-c2ccc(OOC(=O)C3CCCCC3)c(C3CC3)n2)nnn1C. The lowest BCUT2D eigenvalue weighted by atomic mass is 9.89. The van der Waals surface area contributed by atoms with Crippen molar-refractivity contribution in [2.45, 2.75) is 57.4 Å². The highest BCUT2D eigenvalue weighted by atomic mass is 17.2. The summed E-state index contributed by atoms with van der Waals surface area (Å²) < 4.78 is 1.75. The van der Waals surface area contributed by atoms with Crippen molar-refractivity contribution in [3.63, 3.8) is 0 Å². The van der Waals surface area contributed by atoms with Crippen LogP contribution in [0.15, 0.2) is 12.1 Å². The van der Waals surface area contributed by atoms with E-state index in [1.54, 1.807) is 4.68 Å². The number of hydrogen-bond donors (Lipinski definition) is 1. The average molecular weight is 385 g/mol. The molecule has 0 aliphatic heterocycles. The average Bonchev–Trinajstić information content (AvgIpc) is 3.51. The molecule has 0 spiro atoms. The molecule has 0 radical (unpaired) electrons. The minimum absolute atomic E-state index is 0.0472. The topological polar surface area (TPSA) is 91.2 Å². The first kappa shape index (κ1) is 18.9. The predicted molar refractivity (Wildman–Crippen MR) is 102 cm³/mol. The smallest absolute Gasteiger partial charge is 0.314 e. The molecule has 0 bridgehead atoms. The van der Waals surface area contributed by atoms with Gasteiger partial charge in [-0.15, -0.1) is 5.10 Å². The fourth-order valence-corrected chi connectivity index (χ4v) is 3.75. The molecule has 150 valence electrons. The number of carbonyl (C=O) groups is 1. The Morgan fingerprint density at radius 2 is 2.00 bits per heavy atom. The van der Waals surface area contributed by atoms with Gasteiger partial charge in [-0.1, -0.05) is 24.5 Å². The van der Waals surface area contributed by atoms with Crippen LogP contribution in [0, 0.1) is 5.92 Å². The number of nitrogens with zero attached hydrogens (tertiary/aromatic N) is 4. The van der Waals surface area contributed by atoms with E-state index in [2.05, 4.69) is 15.6 Å². The highest BCUT2D eigenvalue weighted by molar-refractivity contribution is 5.72. The number of pyridine rings is 1. The summed E-state index contributed by atoms with van der Waals surface area (Å²) in [6, 6.07) is 3.67. The highest BCUT2D eigenvalue weighted by Crippen LogP contribution is 2.44. The van der Waals surface area contributed by atoms with Gasteiger partial charge in [-0.3, -0.25) is 14.5 Å². The first-order valence-electron chi connectivity index (χ1n) is 10.1. The molecule has 0 amide bonds. The third kappa shape index (κ3) is 4.01. The lowest BCUT2D eigenvalue weighted by Gasteiger charge is -2.19. The Kier molecular flexibility index (Phi) is 5.57. The standard InChI is InChI=1S/C20H27N5O3/c1-21-12-16-19(23-24-25(16)2)15-10-11-17(18(22-15)13-8-9-13)27-28-20(26)14-6-4-3-5-7-14/h10-11,13-14,21H,3-9,12H2,1-2H3. The van der Waals surface area contributed by atoms with E-state index in [1.807, 2.05) is 26.2 Å². The number of carbonyl (C=O) groups excluding carboxylic acids is 1. The van der Waals surface area contributed by atoms with Crippen LogP contribution >= 0.6 is 0 Å². The first-order valence-corrected chi connectivity index (χ1v) is 10.1. The molecule has 0 atom stereocenters. The van der Waals surface area contributed by atoms with Crippen molar-refractivity contribution in [1.82, 2.24) is 25.3 Å². The fourth-order valence-electron chi connectivity index (χ4n) is 3.75. The lowest BCUT2D eigenvalue weighted by molar-refractivity contribution is -0.220. The van der Waals surface area contributed by atoms with Gasteiger partial charge in [0.2, 0.25) is 5.75 Å². The lowest BCUT2D eigenvalue weighted by Crippen LogP contribution is -2.22.